The van der Waals surface area contributed by atoms with E-state index in [2.05, 4.69) is 15.0 Å². The van der Waals surface area contributed by atoms with Crippen molar-refractivity contribution >= 4 is 22.8 Å². The summed E-state index contributed by atoms with van der Waals surface area (Å²) in [5, 5.41) is 0.164. The number of hydrogen-bond acceptors (Lipinski definition) is 4. The van der Waals surface area contributed by atoms with Crippen LogP contribution in [-0.2, 0) is 13.0 Å². The summed E-state index contributed by atoms with van der Waals surface area (Å²) in [5.74, 6) is -1.86. The minimum atomic E-state index is -4.46. The Bertz CT molecular complexity index is 1100. The smallest absolute Gasteiger partial charge is 0.300 e. The van der Waals surface area contributed by atoms with Crippen molar-refractivity contribution in [3.63, 3.8) is 0 Å². The lowest BCUT2D eigenvalue weighted by molar-refractivity contribution is -0.169. The molecule has 7 nitrogen and oxygen atoms in total. The molecule has 3 heterocycles. The lowest BCUT2D eigenvalue weighted by Crippen LogP contribution is -2.29. The summed E-state index contributed by atoms with van der Waals surface area (Å²) in [6.45, 7) is 2.89. The predicted octanol–water partition coefficient (Wildman–Crippen LogP) is 2.68. The van der Waals surface area contributed by atoms with Gasteiger partial charge in [0.05, 0.1) is 17.8 Å². The van der Waals surface area contributed by atoms with Crippen LogP contribution in [0.25, 0.3) is 16.9 Å². The summed E-state index contributed by atoms with van der Waals surface area (Å²) in [6.07, 6.45) is -3.74. The van der Waals surface area contributed by atoms with Crippen LogP contribution < -0.4 is 11.2 Å². The lowest BCUT2D eigenvalue weighted by atomic mass is 10.1. The van der Waals surface area contributed by atoms with Gasteiger partial charge in [-0.05, 0) is 19.1 Å². The Morgan fingerprint density at radius 1 is 1.30 bits per heavy atom. The van der Waals surface area contributed by atoms with Crippen LogP contribution in [0, 0.1) is 5.92 Å². The number of aromatic amines is 1. The molecule has 0 spiro atoms. The number of nitrogens with one attached hydrogen (secondary N) is 1. The normalized spacial score (nSPS) is 13.3. The van der Waals surface area contributed by atoms with Gasteiger partial charge in [0.15, 0.2) is 11.2 Å². The van der Waals surface area contributed by atoms with Crippen molar-refractivity contribution in [1.29, 1.82) is 0 Å². The molecule has 3 rings (SSSR count). The monoisotopic (exact) mass is 401 g/mol. The summed E-state index contributed by atoms with van der Waals surface area (Å²) in [4.78, 5) is 35.5. The van der Waals surface area contributed by atoms with E-state index < -0.39 is 29.8 Å². The van der Waals surface area contributed by atoms with Crippen molar-refractivity contribution in [3.8, 4) is 5.69 Å². The van der Waals surface area contributed by atoms with E-state index in [1.807, 2.05) is 0 Å². The number of fused-ring (bicyclic) bond motifs is 1. The highest BCUT2D eigenvalue weighted by Gasteiger charge is 2.37. The van der Waals surface area contributed by atoms with Crippen molar-refractivity contribution in [3.05, 3.63) is 50.1 Å². The number of aromatic nitrogens is 5. The zero-order valence-corrected chi connectivity index (χ0v) is 15.1. The largest absolute Gasteiger partial charge is 0.391 e. The second-order valence-corrected chi connectivity index (χ2v) is 6.41. The first-order valence-corrected chi connectivity index (χ1v) is 8.44. The van der Waals surface area contributed by atoms with Gasteiger partial charge in [-0.2, -0.15) is 13.2 Å². The number of halogens is 4. The molecule has 0 radical (unpaired) electrons. The molecule has 0 aliphatic carbocycles. The fourth-order valence-electron chi connectivity index (χ4n) is 2.71. The molecular formula is C16H15ClF3N5O2. The van der Waals surface area contributed by atoms with Crippen molar-refractivity contribution in [2.24, 2.45) is 5.92 Å². The van der Waals surface area contributed by atoms with Crippen LogP contribution >= 0.6 is 11.6 Å². The highest BCUT2D eigenvalue weighted by Crippen LogP contribution is 2.28. The first-order valence-electron chi connectivity index (χ1n) is 8.06. The molecule has 0 bridgehead atoms. The van der Waals surface area contributed by atoms with Gasteiger partial charge in [-0.1, -0.05) is 18.5 Å². The summed E-state index contributed by atoms with van der Waals surface area (Å²) in [6, 6.07) is 2.85. The van der Waals surface area contributed by atoms with Gasteiger partial charge >= 0.3 is 11.9 Å². The Hall–Kier alpha value is -2.62. The van der Waals surface area contributed by atoms with Gasteiger partial charge < -0.3 is 0 Å². The highest BCUT2D eigenvalue weighted by molar-refractivity contribution is 6.29. The molecular weight excluding hydrogens is 387 g/mol. The SMILES string of the molecule is CCn1c(=O)[nH]c2c(=O)n(-c3ccc(Cl)nc3)c(CC(C)C(F)(F)F)nc21. The number of imidazole rings is 1. The second-order valence-electron chi connectivity index (χ2n) is 6.03. The van der Waals surface area contributed by atoms with Crippen LogP contribution in [0.3, 0.4) is 0 Å². The maximum atomic E-state index is 13.1. The Morgan fingerprint density at radius 2 is 2.00 bits per heavy atom. The van der Waals surface area contributed by atoms with Gasteiger partial charge in [0, 0.05) is 13.0 Å². The van der Waals surface area contributed by atoms with Crippen LogP contribution in [0.15, 0.2) is 27.9 Å². The Balaban J connectivity index is 2.32. The van der Waals surface area contributed by atoms with Crippen LogP contribution in [-0.4, -0.2) is 30.3 Å². The Morgan fingerprint density at radius 3 is 2.56 bits per heavy atom. The molecule has 0 amide bonds. The van der Waals surface area contributed by atoms with E-state index in [4.69, 9.17) is 11.6 Å². The fraction of sp³-hybridized carbons (Fsp3) is 0.375. The molecule has 0 aromatic carbocycles. The quantitative estimate of drug-likeness (QED) is 0.681. The number of aryl methyl sites for hydroxylation is 1. The summed E-state index contributed by atoms with van der Waals surface area (Å²) >= 11 is 5.75. The maximum Gasteiger partial charge on any atom is 0.391 e. The van der Waals surface area contributed by atoms with Crippen LogP contribution in [0.4, 0.5) is 13.2 Å². The van der Waals surface area contributed by atoms with Crippen LogP contribution in [0.5, 0.6) is 0 Å². The van der Waals surface area contributed by atoms with Gasteiger partial charge in [-0.3, -0.25) is 18.9 Å². The summed E-state index contributed by atoms with van der Waals surface area (Å²) in [7, 11) is 0. The van der Waals surface area contributed by atoms with Crippen molar-refractivity contribution < 1.29 is 13.2 Å². The molecule has 27 heavy (non-hydrogen) atoms. The predicted molar refractivity (Wildman–Crippen MR) is 93.4 cm³/mol. The molecule has 0 saturated carbocycles. The molecule has 11 heteroatoms. The molecule has 0 aliphatic rings. The highest BCUT2D eigenvalue weighted by atomic mass is 35.5. The topological polar surface area (TPSA) is 85.6 Å². The van der Waals surface area contributed by atoms with Crippen molar-refractivity contribution in [1.82, 2.24) is 24.1 Å². The number of rotatable bonds is 4. The molecule has 0 saturated heterocycles. The standard InChI is InChI=1S/C16H15ClF3N5O2/c1-3-24-13-12(23-15(24)27)14(26)25(9-4-5-10(17)21-7-9)11(22-13)6-8(2)16(18,19)20/h4-5,7-8H,3,6H2,1-2H3,(H,23,27). The number of H-pyrrole nitrogens is 1. The van der Waals surface area contributed by atoms with Gasteiger partial charge in [0.1, 0.15) is 11.0 Å². The van der Waals surface area contributed by atoms with E-state index in [1.165, 1.54) is 22.9 Å². The number of hydrogen-bond donors (Lipinski definition) is 1. The zero-order valence-electron chi connectivity index (χ0n) is 14.3. The number of pyridine rings is 1. The van der Waals surface area contributed by atoms with Crippen molar-refractivity contribution in [2.75, 3.05) is 0 Å². The fourth-order valence-corrected chi connectivity index (χ4v) is 2.83. The van der Waals surface area contributed by atoms with Gasteiger partial charge in [0.2, 0.25) is 0 Å². The van der Waals surface area contributed by atoms with E-state index in [9.17, 15) is 22.8 Å². The van der Waals surface area contributed by atoms with E-state index >= 15 is 0 Å². The zero-order chi connectivity index (χ0) is 19.9. The van der Waals surface area contributed by atoms with Gasteiger partial charge in [-0.15, -0.1) is 0 Å². The number of alkyl halides is 3. The first-order chi connectivity index (χ1) is 12.6. The lowest BCUT2D eigenvalue weighted by Gasteiger charge is -2.18. The molecule has 0 fully saturated rings. The molecule has 3 aromatic rings. The number of nitrogens with zero attached hydrogens (tertiary/aromatic N) is 4. The van der Waals surface area contributed by atoms with Gasteiger partial charge in [-0.25, -0.2) is 14.8 Å². The third-order valence-corrected chi connectivity index (χ3v) is 4.42. The van der Waals surface area contributed by atoms with E-state index in [-0.39, 0.29) is 34.4 Å². The van der Waals surface area contributed by atoms with E-state index in [0.29, 0.717) is 0 Å². The Kier molecular flexibility index (Phi) is 4.85. The summed E-state index contributed by atoms with van der Waals surface area (Å²) < 4.78 is 41.5. The molecule has 1 atom stereocenters. The average molecular weight is 402 g/mol. The third kappa shape index (κ3) is 3.48. The third-order valence-electron chi connectivity index (χ3n) is 4.20. The van der Waals surface area contributed by atoms with E-state index in [0.717, 1.165) is 11.5 Å². The minimum Gasteiger partial charge on any atom is -0.300 e. The summed E-state index contributed by atoms with van der Waals surface area (Å²) in [5.41, 5.74) is -1.10. The molecule has 0 aliphatic heterocycles. The molecule has 1 N–H and O–H groups in total. The van der Waals surface area contributed by atoms with Gasteiger partial charge in [0.25, 0.3) is 5.56 Å². The van der Waals surface area contributed by atoms with Crippen molar-refractivity contribution in [2.45, 2.75) is 33.0 Å². The molecule has 1 unspecified atom stereocenters. The Labute approximate surface area is 155 Å². The molecule has 3 aromatic heterocycles. The average Bonchev–Trinajstić information content (AvgIpc) is 2.91. The van der Waals surface area contributed by atoms with Crippen LogP contribution in [0.1, 0.15) is 19.7 Å². The first kappa shape index (κ1) is 19.2. The minimum absolute atomic E-state index is 0.0232. The maximum absolute atomic E-state index is 13.1. The van der Waals surface area contributed by atoms with Crippen LogP contribution in [0.2, 0.25) is 5.15 Å². The second kappa shape index (κ2) is 6.84. The molecule has 144 valence electrons. The van der Waals surface area contributed by atoms with E-state index in [1.54, 1.807) is 6.92 Å².